The van der Waals surface area contributed by atoms with Crippen LogP contribution in [0.25, 0.3) is 5.57 Å². The number of hydrogen-bond donors (Lipinski definition) is 2. The SMILES string of the molecule is C=C(C)c1ccc(C)c(NC)c1.C=CC1=CC2C(=C1)C(C)CC2(C)C.CCCCC.CN. The van der Waals surface area contributed by atoms with Gasteiger partial charge >= 0.3 is 0 Å². The smallest absolute Gasteiger partial charge is 0.0373 e. The molecule has 1 fully saturated rings. The van der Waals surface area contributed by atoms with E-state index in [0.29, 0.717) is 11.3 Å². The van der Waals surface area contributed by atoms with Crippen molar-refractivity contribution in [3.8, 4) is 0 Å². The third-order valence-corrected chi connectivity index (χ3v) is 6.24. The van der Waals surface area contributed by atoms with Crippen molar-refractivity contribution in [2.24, 2.45) is 23.0 Å². The maximum absolute atomic E-state index is 4.50. The van der Waals surface area contributed by atoms with Gasteiger partial charge in [-0.05, 0) is 61.4 Å². The second-order valence-corrected chi connectivity index (χ2v) is 9.50. The van der Waals surface area contributed by atoms with Gasteiger partial charge in [-0.25, -0.2) is 0 Å². The Morgan fingerprint density at radius 2 is 1.81 bits per heavy atom. The number of hydrogen-bond acceptors (Lipinski definition) is 2. The first-order valence-electron chi connectivity index (χ1n) is 12.2. The molecular formula is C30H50N2. The van der Waals surface area contributed by atoms with E-state index in [9.17, 15) is 0 Å². The summed E-state index contributed by atoms with van der Waals surface area (Å²) < 4.78 is 0. The summed E-state index contributed by atoms with van der Waals surface area (Å²) >= 11 is 0. The monoisotopic (exact) mass is 438 g/mol. The Hall–Kier alpha value is -2.06. The summed E-state index contributed by atoms with van der Waals surface area (Å²) in [6.07, 6.45) is 12.1. The molecule has 2 unspecified atom stereocenters. The summed E-state index contributed by atoms with van der Waals surface area (Å²) in [6, 6.07) is 6.33. The van der Waals surface area contributed by atoms with E-state index < -0.39 is 0 Å². The molecular weight excluding hydrogens is 388 g/mol. The molecule has 2 aliphatic carbocycles. The second-order valence-electron chi connectivity index (χ2n) is 9.50. The zero-order valence-corrected chi connectivity index (χ0v) is 22.4. The second kappa shape index (κ2) is 14.9. The minimum absolute atomic E-state index is 0.454. The number of unbranched alkanes of at least 4 members (excludes halogenated alkanes) is 2. The Labute approximate surface area is 199 Å². The first-order valence-corrected chi connectivity index (χ1v) is 12.2. The summed E-state index contributed by atoms with van der Waals surface area (Å²) in [7, 11) is 3.44. The van der Waals surface area contributed by atoms with Crippen molar-refractivity contribution < 1.29 is 0 Å². The van der Waals surface area contributed by atoms with E-state index in [2.05, 4.69) is 96.1 Å². The molecule has 2 aliphatic rings. The zero-order chi connectivity index (χ0) is 24.9. The highest BCUT2D eigenvalue weighted by molar-refractivity contribution is 5.67. The molecule has 32 heavy (non-hydrogen) atoms. The average Bonchev–Trinajstić information content (AvgIpc) is 3.30. The van der Waals surface area contributed by atoms with Crippen molar-refractivity contribution in [2.75, 3.05) is 19.4 Å². The third kappa shape index (κ3) is 8.82. The molecule has 0 bridgehead atoms. The van der Waals surface area contributed by atoms with Crippen LogP contribution in [0.4, 0.5) is 5.69 Å². The summed E-state index contributed by atoms with van der Waals surface area (Å²) in [5.74, 6) is 1.43. The predicted octanol–water partition coefficient (Wildman–Crippen LogP) is 8.56. The van der Waals surface area contributed by atoms with Gasteiger partial charge in [-0.2, -0.15) is 0 Å². The summed E-state index contributed by atoms with van der Waals surface area (Å²) in [5.41, 5.74) is 12.6. The Balaban J connectivity index is 0.000000471. The lowest BCUT2D eigenvalue weighted by Crippen LogP contribution is -2.14. The topological polar surface area (TPSA) is 38.0 Å². The molecule has 180 valence electrons. The molecule has 2 atom stereocenters. The van der Waals surface area contributed by atoms with Crippen LogP contribution >= 0.6 is 0 Å². The third-order valence-electron chi connectivity index (χ3n) is 6.24. The Morgan fingerprint density at radius 3 is 2.22 bits per heavy atom. The fraction of sp³-hybridized carbons (Fsp3) is 0.533. The van der Waals surface area contributed by atoms with E-state index >= 15 is 0 Å². The molecule has 1 saturated carbocycles. The van der Waals surface area contributed by atoms with Crippen LogP contribution in [0.5, 0.6) is 0 Å². The molecule has 2 heteroatoms. The van der Waals surface area contributed by atoms with Crippen molar-refractivity contribution in [3.63, 3.8) is 0 Å². The van der Waals surface area contributed by atoms with Gasteiger partial charge in [0.25, 0.3) is 0 Å². The molecule has 0 amide bonds. The average molecular weight is 439 g/mol. The lowest BCUT2D eigenvalue weighted by Gasteiger charge is -2.23. The highest BCUT2D eigenvalue weighted by atomic mass is 14.8. The Kier molecular flexibility index (Phi) is 13.9. The first-order chi connectivity index (χ1) is 15.1. The molecule has 0 aliphatic heterocycles. The highest BCUT2D eigenvalue weighted by Gasteiger charge is 2.42. The normalized spacial score (nSPS) is 19.4. The molecule has 0 heterocycles. The summed E-state index contributed by atoms with van der Waals surface area (Å²) in [6.45, 7) is 23.4. The lowest BCUT2D eigenvalue weighted by molar-refractivity contribution is 0.315. The Morgan fingerprint density at radius 1 is 1.22 bits per heavy atom. The molecule has 1 aromatic rings. The zero-order valence-electron chi connectivity index (χ0n) is 22.4. The molecule has 3 rings (SSSR count). The Bertz CT molecular complexity index is 778. The van der Waals surface area contributed by atoms with E-state index in [4.69, 9.17) is 0 Å². The first kappa shape index (κ1) is 29.9. The minimum Gasteiger partial charge on any atom is -0.388 e. The molecule has 1 aromatic carbocycles. The standard InChI is InChI=1S/C13H18.C11H15N.C5H12.CH5N/c1-5-10-6-11-9(2)8-13(3,4)12(11)7-10;1-8(2)10-6-5-9(3)11(7-10)12-4;1-3-5-4-2;1-2/h5-7,9,12H,1,8H2,2-4H3;5-7,12H,1H2,2-4H3;3-5H2,1-2H3;2H2,1H3. The van der Waals surface area contributed by atoms with Crippen LogP contribution in [-0.4, -0.2) is 14.1 Å². The number of aryl methyl sites for hydroxylation is 1. The number of benzene rings is 1. The van der Waals surface area contributed by atoms with Crippen LogP contribution < -0.4 is 11.1 Å². The molecule has 0 saturated heterocycles. The number of allylic oxidation sites excluding steroid dienone is 6. The molecule has 0 radical (unpaired) electrons. The van der Waals surface area contributed by atoms with Gasteiger partial charge in [0.1, 0.15) is 0 Å². The van der Waals surface area contributed by atoms with E-state index in [-0.39, 0.29) is 0 Å². The van der Waals surface area contributed by atoms with Gasteiger partial charge < -0.3 is 11.1 Å². The van der Waals surface area contributed by atoms with Crippen LogP contribution in [0.1, 0.15) is 78.4 Å². The van der Waals surface area contributed by atoms with Crippen LogP contribution in [0.3, 0.4) is 0 Å². The quantitative estimate of drug-likeness (QED) is 0.483. The van der Waals surface area contributed by atoms with Gasteiger partial charge in [-0.15, -0.1) is 0 Å². The van der Waals surface area contributed by atoms with Crippen LogP contribution in [0.2, 0.25) is 0 Å². The van der Waals surface area contributed by atoms with Gasteiger partial charge in [0.15, 0.2) is 0 Å². The largest absolute Gasteiger partial charge is 0.388 e. The maximum atomic E-state index is 4.50. The van der Waals surface area contributed by atoms with Gasteiger partial charge in [0.05, 0.1) is 0 Å². The molecule has 3 N–H and O–H groups in total. The van der Waals surface area contributed by atoms with Crippen molar-refractivity contribution in [3.05, 3.63) is 71.9 Å². The summed E-state index contributed by atoms with van der Waals surface area (Å²) in [5, 5.41) is 3.15. The number of anilines is 1. The fourth-order valence-corrected chi connectivity index (χ4v) is 4.42. The summed E-state index contributed by atoms with van der Waals surface area (Å²) in [4.78, 5) is 0. The van der Waals surface area contributed by atoms with Crippen molar-refractivity contribution in [1.29, 1.82) is 0 Å². The van der Waals surface area contributed by atoms with Crippen LogP contribution in [0, 0.1) is 24.2 Å². The van der Waals surface area contributed by atoms with Crippen molar-refractivity contribution in [2.45, 2.75) is 74.1 Å². The van der Waals surface area contributed by atoms with Gasteiger partial charge in [0.2, 0.25) is 0 Å². The molecule has 0 aromatic heterocycles. The minimum atomic E-state index is 0.454. The van der Waals surface area contributed by atoms with Crippen molar-refractivity contribution >= 4 is 11.3 Å². The number of nitrogens with one attached hydrogen (secondary N) is 1. The number of rotatable bonds is 5. The predicted molar refractivity (Wildman–Crippen MR) is 148 cm³/mol. The molecule has 0 spiro atoms. The van der Waals surface area contributed by atoms with E-state index in [1.165, 1.54) is 55.1 Å². The van der Waals surface area contributed by atoms with Crippen LogP contribution in [-0.2, 0) is 0 Å². The van der Waals surface area contributed by atoms with E-state index in [1.54, 1.807) is 5.57 Å². The molecule has 2 nitrogen and oxygen atoms in total. The van der Waals surface area contributed by atoms with Crippen molar-refractivity contribution in [1.82, 2.24) is 0 Å². The van der Waals surface area contributed by atoms with Gasteiger partial charge in [-0.3, -0.25) is 0 Å². The van der Waals surface area contributed by atoms with Crippen LogP contribution in [0.15, 0.2) is 60.7 Å². The maximum Gasteiger partial charge on any atom is 0.0373 e. The van der Waals surface area contributed by atoms with E-state index in [0.717, 1.165) is 11.5 Å². The highest BCUT2D eigenvalue weighted by Crippen LogP contribution is 2.53. The number of fused-ring (bicyclic) bond motifs is 1. The lowest BCUT2D eigenvalue weighted by atomic mass is 9.81. The fourth-order valence-electron chi connectivity index (χ4n) is 4.42. The van der Waals surface area contributed by atoms with E-state index in [1.807, 2.05) is 20.0 Å². The van der Waals surface area contributed by atoms with Gasteiger partial charge in [0, 0.05) is 18.7 Å². The van der Waals surface area contributed by atoms with Gasteiger partial charge in [-0.1, -0.05) is 109 Å². The number of nitrogens with two attached hydrogens (primary N) is 1.